The van der Waals surface area contributed by atoms with Gasteiger partial charge in [-0.15, -0.1) is 0 Å². The van der Waals surface area contributed by atoms with Crippen LogP contribution in [0, 0.1) is 17.2 Å². The summed E-state index contributed by atoms with van der Waals surface area (Å²) in [7, 11) is 0. The fourth-order valence-corrected chi connectivity index (χ4v) is 2.00. The fraction of sp³-hybridized carbons (Fsp3) is 0.333. The minimum atomic E-state index is -0.497. The fourth-order valence-electron chi connectivity index (χ4n) is 1.88. The van der Waals surface area contributed by atoms with Crippen LogP contribution in [-0.4, -0.2) is 5.91 Å². The highest BCUT2D eigenvalue weighted by atomic mass is 35.5. The second-order valence-electron chi connectivity index (χ2n) is 3.87. The number of hydrogen-bond donors (Lipinski definition) is 1. The van der Waals surface area contributed by atoms with Crippen LogP contribution in [0.15, 0.2) is 24.3 Å². The van der Waals surface area contributed by atoms with Crippen LogP contribution in [0.25, 0.3) is 0 Å². The van der Waals surface area contributed by atoms with Gasteiger partial charge in [-0.1, -0.05) is 23.7 Å². The summed E-state index contributed by atoms with van der Waals surface area (Å²) in [5, 5.41) is 12.3. The number of nitriles is 1. The number of nitrogens with one attached hydrogen (secondary N) is 1. The maximum absolute atomic E-state index is 11.5. The Balaban J connectivity index is 2.11. The number of carbonyl (C=O) groups excluding carboxylic acids is 1. The third kappa shape index (κ3) is 2.17. The third-order valence-electron chi connectivity index (χ3n) is 2.81. The predicted octanol–water partition coefficient (Wildman–Crippen LogP) is 2.43. The van der Waals surface area contributed by atoms with Gasteiger partial charge in [-0.05, 0) is 30.5 Å². The standard InChI is InChI=1S/C12H11ClN2O/c13-10-4-1-8(2-5-10)11-6-3-9(7-14)12(16)15-11/h1-2,4-5,9,11H,3,6H2,(H,15,16). The van der Waals surface area contributed by atoms with Crippen molar-refractivity contribution in [2.24, 2.45) is 5.92 Å². The van der Waals surface area contributed by atoms with Crippen molar-refractivity contribution < 1.29 is 4.79 Å². The molecule has 0 aromatic heterocycles. The topological polar surface area (TPSA) is 52.9 Å². The molecule has 2 atom stereocenters. The lowest BCUT2D eigenvalue weighted by atomic mass is 9.91. The summed E-state index contributed by atoms with van der Waals surface area (Å²) in [6.07, 6.45) is 1.42. The molecule has 0 radical (unpaired) electrons. The molecule has 1 aromatic carbocycles. The zero-order chi connectivity index (χ0) is 11.5. The molecular formula is C12H11ClN2O. The molecule has 1 aromatic rings. The Morgan fingerprint density at radius 1 is 1.31 bits per heavy atom. The number of nitrogens with zero attached hydrogens (tertiary/aromatic N) is 1. The van der Waals surface area contributed by atoms with Crippen LogP contribution in [0.5, 0.6) is 0 Å². The average Bonchev–Trinajstić information content (AvgIpc) is 2.30. The van der Waals surface area contributed by atoms with Gasteiger partial charge in [-0.25, -0.2) is 0 Å². The molecule has 2 unspecified atom stereocenters. The molecule has 1 heterocycles. The molecule has 82 valence electrons. The van der Waals surface area contributed by atoms with Crippen molar-refractivity contribution in [3.05, 3.63) is 34.9 Å². The molecule has 1 fully saturated rings. The SMILES string of the molecule is N#CC1CCC(c2ccc(Cl)cc2)NC1=O. The van der Waals surface area contributed by atoms with E-state index in [-0.39, 0.29) is 11.9 Å². The molecule has 3 nitrogen and oxygen atoms in total. The highest BCUT2D eigenvalue weighted by Gasteiger charge is 2.28. The van der Waals surface area contributed by atoms with E-state index in [1.807, 2.05) is 18.2 Å². The summed E-state index contributed by atoms with van der Waals surface area (Å²) >= 11 is 5.79. The first-order chi connectivity index (χ1) is 7.70. The van der Waals surface area contributed by atoms with Crippen LogP contribution in [0.3, 0.4) is 0 Å². The van der Waals surface area contributed by atoms with E-state index in [4.69, 9.17) is 16.9 Å². The van der Waals surface area contributed by atoms with E-state index in [0.717, 1.165) is 12.0 Å². The van der Waals surface area contributed by atoms with Gasteiger partial charge in [-0.2, -0.15) is 5.26 Å². The first-order valence-corrected chi connectivity index (χ1v) is 5.54. The molecule has 1 N–H and O–H groups in total. The van der Waals surface area contributed by atoms with Gasteiger partial charge in [0.25, 0.3) is 0 Å². The number of rotatable bonds is 1. The number of halogens is 1. The first kappa shape index (κ1) is 11.0. The molecule has 16 heavy (non-hydrogen) atoms. The molecular weight excluding hydrogens is 224 g/mol. The van der Waals surface area contributed by atoms with E-state index in [1.54, 1.807) is 12.1 Å². The van der Waals surface area contributed by atoms with Crippen molar-refractivity contribution in [1.82, 2.24) is 5.32 Å². The lowest BCUT2D eigenvalue weighted by Gasteiger charge is -2.26. The second-order valence-corrected chi connectivity index (χ2v) is 4.31. The van der Waals surface area contributed by atoms with Gasteiger partial charge in [0.1, 0.15) is 5.92 Å². The van der Waals surface area contributed by atoms with E-state index in [1.165, 1.54) is 0 Å². The van der Waals surface area contributed by atoms with Crippen molar-refractivity contribution in [3.63, 3.8) is 0 Å². The van der Waals surface area contributed by atoms with E-state index >= 15 is 0 Å². The smallest absolute Gasteiger partial charge is 0.237 e. The zero-order valence-corrected chi connectivity index (χ0v) is 9.37. The number of piperidine rings is 1. The Morgan fingerprint density at radius 2 is 2.00 bits per heavy atom. The molecule has 1 saturated heterocycles. The molecule has 2 rings (SSSR count). The Kier molecular flexibility index (Phi) is 3.12. The van der Waals surface area contributed by atoms with Crippen LogP contribution in [0.4, 0.5) is 0 Å². The first-order valence-electron chi connectivity index (χ1n) is 5.16. The summed E-state index contributed by atoms with van der Waals surface area (Å²) in [5.74, 6) is -0.669. The monoisotopic (exact) mass is 234 g/mol. The van der Waals surface area contributed by atoms with Crippen molar-refractivity contribution in [3.8, 4) is 6.07 Å². The minimum absolute atomic E-state index is 0.00867. The van der Waals surface area contributed by atoms with Gasteiger partial charge >= 0.3 is 0 Å². The van der Waals surface area contributed by atoms with Crippen LogP contribution < -0.4 is 5.32 Å². The predicted molar refractivity (Wildman–Crippen MR) is 60.7 cm³/mol. The number of carbonyl (C=O) groups is 1. The van der Waals surface area contributed by atoms with Gasteiger partial charge in [0.05, 0.1) is 12.1 Å². The molecule has 1 aliphatic rings. The number of hydrogen-bond acceptors (Lipinski definition) is 2. The summed E-state index contributed by atoms with van der Waals surface area (Å²) in [6, 6.07) is 9.43. The molecule has 0 saturated carbocycles. The van der Waals surface area contributed by atoms with Gasteiger partial charge in [-0.3, -0.25) is 4.79 Å². The quantitative estimate of drug-likeness (QED) is 0.812. The van der Waals surface area contributed by atoms with Gasteiger partial charge in [0, 0.05) is 5.02 Å². The van der Waals surface area contributed by atoms with Crippen molar-refractivity contribution >= 4 is 17.5 Å². The Bertz CT molecular complexity index is 435. The highest BCUT2D eigenvalue weighted by Crippen LogP contribution is 2.26. The van der Waals surface area contributed by atoms with Crippen molar-refractivity contribution in [2.75, 3.05) is 0 Å². The van der Waals surface area contributed by atoms with Crippen LogP contribution >= 0.6 is 11.6 Å². The second kappa shape index (κ2) is 4.54. The maximum Gasteiger partial charge on any atom is 0.237 e. The normalized spacial score (nSPS) is 24.6. The molecule has 1 aliphatic heterocycles. The summed E-state index contributed by atoms with van der Waals surface area (Å²) < 4.78 is 0. The van der Waals surface area contributed by atoms with E-state index < -0.39 is 5.92 Å². The molecule has 0 bridgehead atoms. The largest absolute Gasteiger partial charge is 0.348 e. The Labute approximate surface area is 99.0 Å². The highest BCUT2D eigenvalue weighted by molar-refractivity contribution is 6.30. The van der Waals surface area contributed by atoms with Crippen LogP contribution in [-0.2, 0) is 4.79 Å². The van der Waals surface area contributed by atoms with Gasteiger partial charge < -0.3 is 5.32 Å². The van der Waals surface area contributed by atoms with E-state index in [2.05, 4.69) is 5.32 Å². The minimum Gasteiger partial charge on any atom is -0.348 e. The Morgan fingerprint density at radius 3 is 2.56 bits per heavy atom. The zero-order valence-electron chi connectivity index (χ0n) is 8.61. The number of benzene rings is 1. The van der Waals surface area contributed by atoms with Crippen molar-refractivity contribution in [1.29, 1.82) is 5.26 Å². The van der Waals surface area contributed by atoms with Crippen LogP contribution in [0.1, 0.15) is 24.4 Å². The lowest BCUT2D eigenvalue weighted by molar-refractivity contribution is -0.126. The van der Waals surface area contributed by atoms with E-state index in [9.17, 15) is 4.79 Å². The average molecular weight is 235 g/mol. The molecule has 1 amide bonds. The van der Waals surface area contributed by atoms with Gasteiger partial charge in [0.15, 0.2) is 0 Å². The Hall–Kier alpha value is -1.53. The summed E-state index contributed by atoms with van der Waals surface area (Å²) in [4.78, 5) is 11.5. The van der Waals surface area contributed by atoms with Crippen molar-refractivity contribution in [2.45, 2.75) is 18.9 Å². The maximum atomic E-state index is 11.5. The summed E-state index contributed by atoms with van der Waals surface area (Å²) in [6.45, 7) is 0. The molecule has 0 spiro atoms. The summed E-state index contributed by atoms with van der Waals surface area (Å²) in [5.41, 5.74) is 1.04. The van der Waals surface area contributed by atoms with Gasteiger partial charge in [0.2, 0.25) is 5.91 Å². The molecule has 4 heteroatoms. The molecule has 0 aliphatic carbocycles. The number of amides is 1. The van der Waals surface area contributed by atoms with Crippen LogP contribution in [0.2, 0.25) is 5.02 Å². The van der Waals surface area contributed by atoms with E-state index in [0.29, 0.717) is 11.4 Å². The lowest BCUT2D eigenvalue weighted by Crippen LogP contribution is -2.38. The third-order valence-corrected chi connectivity index (χ3v) is 3.06.